The lowest BCUT2D eigenvalue weighted by Gasteiger charge is -2.19. The first-order chi connectivity index (χ1) is 13.2. The summed E-state index contributed by atoms with van der Waals surface area (Å²) in [6.07, 6.45) is 9.98. The third-order valence-electron chi connectivity index (χ3n) is 4.98. The maximum atomic E-state index is 12.1. The van der Waals surface area contributed by atoms with E-state index in [9.17, 15) is 9.59 Å². The van der Waals surface area contributed by atoms with Crippen molar-refractivity contribution < 1.29 is 19.1 Å². The average Bonchev–Trinajstić information content (AvgIpc) is 3.16. The van der Waals surface area contributed by atoms with E-state index >= 15 is 0 Å². The smallest absolute Gasteiger partial charge is 0.407 e. The molecule has 166 valence electrons. The molecule has 1 aliphatic rings. The fourth-order valence-electron chi connectivity index (χ4n) is 3.26. The van der Waals surface area contributed by atoms with Crippen molar-refractivity contribution in [1.29, 1.82) is 0 Å². The van der Waals surface area contributed by atoms with Gasteiger partial charge in [0.25, 0.3) is 0 Å². The summed E-state index contributed by atoms with van der Waals surface area (Å²) >= 11 is 0. The molecule has 7 heteroatoms. The number of ether oxygens (including phenoxy) is 2. The summed E-state index contributed by atoms with van der Waals surface area (Å²) in [5, 5.41) is 2.85. The van der Waals surface area contributed by atoms with Crippen LogP contribution in [0.1, 0.15) is 84.5 Å². The number of alkyl carbamates (subject to hydrolysis) is 1. The molecule has 1 atom stereocenters. The van der Waals surface area contributed by atoms with Gasteiger partial charge in [0.1, 0.15) is 6.10 Å². The second-order valence-corrected chi connectivity index (χ2v) is 7.46. The summed E-state index contributed by atoms with van der Waals surface area (Å²) in [4.78, 5) is 26.3. The maximum absolute atomic E-state index is 12.1. The minimum absolute atomic E-state index is 0. The van der Waals surface area contributed by atoms with Crippen molar-refractivity contribution in [3.8, 4) is 0 Å². The molecule has 0 aromatic rings. The largest absolute Gasteiger partial charge is 0.466 e. The molecule has 0 spiro atoms. The van der Waals surface area contributed by atoms with Gasteiger partial charge in [0.2, 0.25) is 0 Å². The number of nitrogens with one attached hydrogen (secondary N) is 1. The molecule has 0 unspecified atom stereocenters. The van der Waals surface area contributed by atoms with Crippen molar-refractivity contribution in [2.24, 2.45) is 0 Å². The molecule has 0 radical (unpaired) electrons. The first-order valence-electron chi connectivity index (χ1n) is 11.0. The van der Waals surface area contributed by atoms with Gasteiger partial charge in [0.05, 0.1) is 6.61 Å². The first kappa shape index (κ1) is 27.0. The third kappa shape index (κ3) is 14.1. The van der Waals surface area contributed by atoms with Crippen LogP contribution in [-0.4, -0.2) is 55.9 Å². The highest BCUT2D eigenvalue weighted by Gasteiger charge is 2.17. The Bertz CT molecular complexity index is 404. The zero-order valence-corrected chi connectivity index (χ0v) is 19.0. The molecule has 0 aromatic heterocycles. The molecule has 1 aliphatic heterocycles. The van der Waals surface area contributed by atoms with Crippen molar-refractivity contribution in [2.45, 2.75) is 90.6 Å². The minimum atomic E-state index is -0.367. The number of hydrogen-bond acceptors (Lipinski definition) is 5. The summed E-state index contributed by atoms with van der Waals surface area (Å²) in [6.45, 7) is 8.45. The molecule has 1 amide bonds. The Morgan fingerprint density at radius 2 is 1.71 bits per heavy atom. The highest BCUT2D eigenvalue weighted by molar-refractivity contribution is 7.59. The standard InChI is InChI=1S/C21H40N2O4.H2S/c1-3-5-7-8-11-19(12-13-20(24)26-18-6-4-2)27-21(25)22-14-17-23-15-9-10-16-23;/h19H,3-18H2,1-2H3,(H,22,25);1H2/t19-;/m0./s1. The summed E-state index contributed by atoms with van der Waals surface area (Å²) in [7, 11) is 0. The minimum Gasteiger partial charge on any atom is -0.466 e. The van der Waals surface area contributed by atoms with Crippen LogP contribution in [0.2, 0.25) is 0 Å². The number of carbonyl (C=O) groups excluding carboxylic acids is 2. The quantitative estimate of drug-likeness (QED) is 0.316. The van der Waals surface area contributed by atoms with E-state index in [0.29, 0.717) is 26.0 Å². The Kier molecular flexibility index (Phi) is 17.5. The van der Waals surface area contributed by atoms with Crippen molar-refractivity contribution in [2.75, 3.05) is 32.8 Å². The number of likely N-dealkylation sites (tertiary alicyclic amines) is 1. The van der Waals surface area contributed by atoms with Gasteiger partial charge in [-0.1, -0.05) is 39.5 Å². The number of unbranched alkanes of at least 4 members (excludes halogenated alkanes) is 4. The van der Waals surface area contributed by atoms with Crippen molar-refractivity contribution in [3.05, 3.63) is 0 Å². The fourth-order valence-corrected chi connectivity index (χ4v) is 3.26. The van der Waals surface area contributed by atoms with Gasteiger partial charge in [-0.3, -0.25) is 4.79 Å². The lowest BCUT2D eigenvalue weighted by Crippen LogP contribution is -2.35. The molecule has 1 rings (SSSR count). The number of amides is 1. The van der Waals surface area contributed by atoms with Gasteiger partial charge in [-0.2, -0.15) is 13.5 Å². The van der Waals surface area contributed by atoms with Crippen LogP contribution in [0.4, 0.5) is 4.79 Å². The van der Waals surface area contributed by atoms with Crippen LogP contribution in [0.25, 0.3) is 0 Å². The number of carbonyl (C=O) groups is 2. The van der Waals surface area contributed by atoms with Crippen LogP contribution in [0, 0.1) is 0 Å². The predicted octanol–water partition coefficient (Wildman–Crippen LogP) is 4.38. The van der Waals surface area contributed by atoms with Crippen molar-refractivity contribution >= 4 is 25.6 Å². The number of rotatable bonds is 15. The molecular formula is C21H42N2O4S. The second kappa shape index (κ2) is 18.1. The van der Waals surface area contributed by atoms with E-state index in [1.54, 1.807) is 0 Å². The molecule has 0 aliphatic carbocycles. The van der Waals surface area contributed by atoms with E-state index < -0.39 is 0 Å². The topological polar surface area (TPSA) is 67.9 Å². The number of esters is 1. The lowest BCUT2D eigenvalue weighted by atomic mass is 10.1. The summed E-state index contributed by atoms with van der Waals surface area (Å²) in [5.41, 5.74) is 0. The zero-order chi connectivity index (χ0) is 19.7. The van der Waals surface area contributed by atoms with Gasteiger partial charge in [-0.05, 0) is 51.6 Å². The molecule has 0 saturated carbocycles. The Labute approximate surface area is 178 Å². The van der Waals surface area contributed by atoms with E-state index in [1.807, 2.05) is 0 Å². The van der Waals surface area contributed by atoms with E-state index in [-0.39, 0.29) is 31.7 Å². The number of hydrogen-bond donors (Lipinski definition) is 1. The SMILES string of the molecule is CCCCCC[C@@H](CCC(=O)OCCCC)OC(=O)NCCN1CCCC1.S. The molecule has 1 fully saturated rings. The summed E-state index contributed by atoms with van der Waals surface area (Å²) < 4.78 is 10.8. The van der Waals surface area contributed by atoms with E-state index in [1.165, 1.54) is 25.7 Å². The molecular weight excluding hydrogens is 376 g/mol. The third-order valence-corrected chi connectivity index (χ3v) is 4.98. The highest BCUT2D eigenvalue weighted by Crippen LogP contribution is 2.14. The van der Waals surface area contributed by atoms with Gasteiger partial charge in [0.15, 0.2) is 0 Å². The van der Waals surface area contributed by atoms with Gasteiger partial charge < -0.3 is 19.7 Å². The lowest BCUT2D eigenvalue weighted by molar-refractivity contribution is -0.144. The van der Waals surface area contributed by atoms with Gasteiger partial charge in [0, 0.05) is 19.5 Å². The normalized spacial score (nSPS) is 14.9. The molecule has 0 bridgehead atoms. The molecule has 6 nitrogen and oxygen atoms in total. The van der Waals surface area contributed by atoms with Gasteiger partial charge in [-0.25, -0.2) is 4.79 Å². The Hall–Kier alpha value is -0.950. The fraction of sp³-hybridized carbons (Fsp3) is 0.905. The maximum Gasteiger partial charge on any atom is 0.407 e. The Balaban J connectivity index is 0.00000729. The number of nitrogens with zero attached hydrogens (tertiary/aromatic N) is 1. The molecule has 28 heavy (non-hydrogen) atoms. The van der Waals surface area contributed by atoms with Gasteiger partial charge in [-0.15, -0.1) is 0 Å². The molecule has 0 aromatic carbocycles. The van der Waals surface area contributed by atoms with E-state index in [4.69, 9.17) is 9.47 Å². The van der Waals surface area contributed by atoms with E-state index in [0.717, 1.165) is 51.7 Å². The Morgan fingerprint density at radius 1 is 1.00 bits per heavy atom. The Morgan fingerprint density at radius 3 is 2.39 bits per heavy atom. The molecule has 1 heterocycles. The van der Waals surface area contributed by atoms with Crippen LogP contribution in [0.3, 0.4) is 0 Å². The van der Waals surface area contributed by atoms with Gasteiger partial charge >= 0.3 is 12.1 Å². The van der Waals surface area contributed by atoms with Crippen LogP contribution < -0.4 is 5.32 Å². The summed E-state index contributed by atoms with van der Waals surface area (Å²) in [5.74, 6) is -0.194. The summed E-state index contributed by atoms with van der Waals surface area (Å²) in [6, 6.07) is 0. The van der Waals surface area contributed by atoms with E-state index in [2.05, 4.69) is 24.1 Å². The van der Waals surface area contributed by atoms with Crippen LogP contribution in [0.5, 0.6) is 0 Å². The zero-order valence-electron chi connectivity index (χ0n) is 18.0. The van der Waals surface area contributed by atoms with Crippen LogP contribution >= 0.6 is 13.5 Å². The second-order valence-electron chi connectivity index (χ2n) is 7.46. The monoisotopic (exact) mass is 418 g/mol. The van der Waals surface area contributed by atoms with Crippen molar-refractivity contribution in [3.63, 3.8) is 0 Å². The predicted molar refractivity (Wildman–Crippen MR) is 118 cm³/mol. The molecule has 1 N–H and O–H groups in total. The molecule has 1 saturated heterocycles. The van der Waals surface area contributed by atoms with Crippen molar-refractivity contribution in [1.82, 2.24) is 10.2 Å². The van der Waals surface area contributed by atoms with Crippen LogP contribution in [-0.2, 0) is 14.3 Å². The van der Waals surface area contributed by atoms with Crippen LogP contribution in [0.15, 0.2) is 0 Å². The first-order valence-corrected chi connectivity index (χ1v) is 11.0. The highest BCUT2D eigenvalue weighted by atomic mass is 32.1. The average molecular weight is 419 g/mol.